The van der Waals surface area contributed by atoms with E-state index >= 15 is 0 Å². The van der Waals surface area contributed by atoms with E-state index in [1.54, 1.807) is 0 Å². The summed E-state index contributed by atoms with van der Waals surface area (Å²) in [5.41, 5.74) is 0. The maximum Gasteiger partial charge on any atom is 0.328 e. The molecular weight excluding hydrogens is 289 g/mol. The highest BCUT2D eigenvalue weighted by atomic mass is 19.1. The zero-order valence-corrected chi connectivity index (χ0v) is 13.1. The Hall–Kier alpha value is -2.11. The Kier molecular flexibility index (Phi) is 7.36. The Morgan fingerprint density at radius 1 is 1.23 bits per heavy atom. The fourth-order valence-corrected chi connectivity index (χ4v) is 1.82. The number of ether oxygens (including phenoxy) is 2. The third kappa shape index (κ3) is 6.11. The molecule has 0 aromatic heterocycles. The lowest BCUT2D eigenvalue weighted by atomic mass is 10.0. The molecule has 0 bridgehead atoms. The number of carbonyl (C=O) groups excluding carboxylic acids is 2. The van der Waals surface area contributed by atoms with Crippen molar-refractivity contribution in [1.82, 2.24) is 5.32 Å². The molecule has 6 heteroatoms. The summed E-state index contributed by atoms with van der Waals surface area (Å²) in [5, 5.41) is 2.65. The molecule has 0 aliphatic carbocycles. The summed E-state index contributed by atoms with van der Waals surface area (Å²) in [6.45, 7) is 4.00. The number of methoxy groups -OCH3 is 1. The van der Waals surface area contributed by atoms with Crippen molar-refractivity contribution < 1.29 is 23.5 Å². The van der Waals surface area contributed by atoms with Gasteiger partial charge in [-0.1, -0.05) is 13.8 Å². The van der Waals surface area contributed by atoms with E-state index in [9.17, 15) is 14.0 Å². The Morgan fingerprint density at radius 2 is 1.86 bits per heavy atom. The number of esters is 1. The van der Waals surface area contributed by atoms with Gasteiger partial charge in [-0.2, -0.15) is 0 Å². The van der Waals surface area contributed by atoms with Crippen LogP contribution in [0.1, 0.15) is 26.7 Å². The molecule has 0 aliphatic heterocycles. The Balaban J connectivity index is 2.30. The van der Waals surface area contributed by atoms with Crippen LogP contribution in [0.2, 0.25) is 0 Å². The molecule has 122 valence electrons. The second-order valence-corrected chi connectivity index (χ2v) is 5.22. The standard InChI is InChI=1S/C16H22FNO4/c1-11(2)15(16(20)21-3)18-14(19)5-4-10-22-13-8-6-12(17)7-9-13/h6-9,11,15H,4-5,10H2,1-3H3,(H,18,19). The molecule has 1 N–H and O–H groups in total. The fraction of sp³-hybridized carbons (Fsp3) is 0.500. The van der Waals surface area contributed by atoms with Gasteiger partial charge in [-0.05, 0) is 36.6 Å². The van der Waals surface area contributed by atoms with E-state index in [0.29, 0.717) is 18.8 Å². The molecule has 1 atom stereocenters. The summed E-state index contributed by atoms with van der Waals surface area (Å²) in [5.74, 6) is -0.504. The van der Waals surface area contributed by atoms with Crippen LogP contribution in [0.5, 0.6) is 5.75 Å². The van der Waals surface area contributed by atoms with Crippen molar-refractivity contribution in [2.24, 2.45) is 5.92 Å². The summed E-state index contributed by atoms with van der Waals surface area (Å²) in [6.07, 6.45) is 0.733. The lowest BCUT2D eigenvalue weighted by molar-refractivity contribution is -0.146. The summed E-state index contributed by atoms with van der Waals surface area (Å²) >= 11 is 0. The fourth-order valence-electron chi connectivity index (χ4n) is 1.82. The van der Waals surface area contributed by atoms with Crippen LogP contribution in [-0.4, -0.2) is 31.6 Å². The summed E-state index contributed by atoms with van der Waals surface area (Å²) in [4.78, 5) is 23.3. The highest BCUT2D eigenvalue weighted by Crippen LogP contribution is 2.11. The molecule has 1 unspecified atom stereocenters. The zero-order valence-electron chi connectivity index (χ0n) is 13.1. The van der Waals surface area contributed by atoms with Crippen LogP contribution in [0.25, 0.3) is 0 Å². The summed E-state index contributed by atoms with van der Waals surface area (Å²) < 4.78 is 22.8. The van der Waals surface area contributed by atoms with Crippen LogP contribution in [0.15, 0.2) is 24.3 Å². The maximum atomic E-state index is 12.7. The molecule has 0 spiro atoms. The summed E-state index contributed by atoms with van der Waals surface area (Å²) in [7, 11) is 1.29. The lowest BCUT2D eigenvalue weighted by Crippen LogP contribution is -2.45. The number of nitrogens with one attached hydrogen (secondary N) is 1. The Morgan fingerprint density at radius 3 is 2.41 bits per heavy atom. The first-order valence-corrected chi connectivity index (χ1v) is 7.19. The van der Waals surface area contributed by atoms with Crippen LogP contribution in [-0.2, 0) is 14.3 Å². The number of rotatable bonds is 8. The van der Waals surface area contributed by atoms with E-state index in [1.807, 2.05) is 13.8 Å². The topological polar surface area (TPSA) is 64.6 Å². The Bertz CT molecular complexity index is 487. The predicted octanol–water partition coefficient (Wildman–Crippen LogP) is 2.30. The molecule has 0 heterocycles. The molecule has 1 aromatic rings. The van der Waals surface area contributed by atoms with Gasteiger partial charge in [0.1, 0.15) is 17.6 Å². The number of hydrogen-bond acceptors (Lipinski definition) is 4. The third-order valence-electron chi connectivity index (χ3n) is 3.07. The number of amides is 1. The number of hydrogen-bond donors (Lipinski definition) is 1. The molecule has 22 heavy (non-hydrogen) atoms. The van der Waals surface area contributed by atoms with Gasteiger partial charge < -0.3 is 14.8 Å². The van der Waals surface area contributed by atoms with E-state index in [0.717, 1.165) is 0 Å². The first kappa shape index (κ1) is 17.9. The molecule has 0 radical (unpaired) electrons. The molecule has 1 rings (SSSR count). The number of carbonyl (C=O) groups is 2. The third-order valence-corrected chi connectivity index (χ3v) is 3.07. The minimum absolute atomic E-state index is 0.0492. The average Bonchev–Trinajstić information content (AvgIpc) is 2.50. The minimum Gasteiger partial charge on any atom is -0.494 e. The lowest BCUT2D eigenvalue weighted by Gasteiger charge is -2.19. The zero-order chi connectivity index (χ0) is 16.5. The van der Waals surface area contributed by atoms with Crippen LogP contribution in [0.4, 0.5) is 4.39 Å². The predicted molar refractivity (Wildman–Crippen MR) is 79.9 cm³/mol. The van der Waals surface area contributed by atoms with Crippen molar-refractivity contribution in [1.29, 1.82) is 0 Å². The van der Waals surface area contributed by atoms with Crippen LogP contribution in [0.3, 0.4) is 0 Å². The minimum atomic E-state index is -0.643. The molecule has 0 aliphatic rings. The van der Waals surface area contributed by atoms with E-state index in [1.165, 1.54) is 31.4 Å². The Labute approximate surface area is 129 Å². The second kappa shape index (κ2) is 9.02. The molecule has 1 aromatic carbocycles. The second-order valence-electron chi connectivity index (χ2n) is 5.22. The van der Waals surface area contributed by atoms with Crippen molar-refractivity contribution >= 4 is 11.9 Å². The highest BCUT2D eigenvalue weighted by Gasteiger charge is 2.24. The number of benzene rings is 1. The molecule has 0 fully saturated rings. The highest BCUT2D eigenvalue weighted by molar-refractivity contribution is 5.84. The average molecular weight is 311 g/mol. The molecule has 0 saturated carbocycles. The van der Waals surface area contributed by atoms with Gasteiger partial charge in [0.05, 0.1) is 13.7 Å². The van der Waals surface area contributed by atoms with Gasteiger partial charge in [-0.25, -0.2) is 9.18 Å². The first-order chi connectivity index (χ1) is 10.4. The quantitative estimate of drug-likeness (QED) is 0.591. The largest absolute Gasteiger partial charge is 0.494 e. The van der Waals surface area contributed by atoms with Gasteiger partial charge in [0.2, 0.25) is 5.91 Å². The van der Waals surface area contributed by atoms with Crippen LogP contribution < -0.4 is 10.1 Å². The van der Waals surface area contributed by atoms with E-state index in [-0.39, 0.29) is 24.1 Å². The molecular formula is C16H22FNO4. The monoisotopic (exact) mass is 311 g/mol. The van der Waals surface area contributed by atoms with E-state index < -0.39 is 12.0 Å². The van der Waals surface area contributed by atoms with Gasteiger partial charge >= 0.3 is 5.97 Å². The summed E-state index contributed by atoms with van der Waals surface area (Å²) in [6, 6.07) is 5.04. The van der Waals surface area contributed by atoms with Crippen molar-refractivity contribution in [2.75, 3.05) is 13.7 Å². The maximum absolute atomic E-state index is 12.7. The molecule has 0 saturated heterocycles. The van der Waals surface area contributed by atoms with Crippen LogP contribution in [0, 0.1) is 11.7 Å². The van der Waals surface area contributed by atoms with Crippen molar-refractivity contribution in [3.8, 4) is 5.75 Å². The molecule has 5 nitrogen and oxygen atoms in total. The van der Waals surface area contributed by atoms with Gasteiger partial charge in [0, 0.05) is 6.42 Å². The van der Waals surface area contributed by atoms with Crippen LogP contribution >= 0.6 is 0 Å². The van der Waals surface area contributed by atoms with Gasteiger partial charge in [-0.15, -0.1) is 0 Å². The van der Waals surface area contributed by atoms with Crippen molar-refractivity contribution in [3.05, 3.63) is 30.1 Å². The SMILES string of the molecule is COC(=O)C(NC(=O)CCCOc1ccc(F)cc1)C(C)C. The van der Waals surface area contributed by atoms with Crippen molar-refractivity contribution in [3.63, 3.8) is 0 Å². The van der Waals surface area contributed by atoms with Gasteiger partial charge in [-0.3, -0.25) is 4.79 Å². The number of halogens is 1. The van der Waals surface area contributed by atoms with Crippen molar-refractivity contribution in [2.45, 2.75) is 32.7 Å². The normalized spacial score (nSPS) is 11.9. The first-order valence-electron chi connectivity index (χ1n) is 7.19. The van der Waals surface area contributed by atoms with E-state index in [4.69, 9.17) is 4.74 Å². The smallest absolute Gasteiger partial charge is 0.328 e. The van der Waals surface area contributed by atoms with E-state index in [2.05, 4.69) is 10.1 Å². The van der Waals surface area contributed by atoms with Gasteiger partial charge in [0.15, 0.2) is 0 Å². The van der Waals surface area contributed by atoms with Gasteiger partial charge in [0.25, 0.3) is 0 Å². The molecule has 1 amide bonds.